The van der Waals surface area contributed by atoms with Crippen LogP contribution in [0.25, 0.3) is 0 Å². The lowest BCUT2D eigenvalue weighted by molar-refractivity contribution is 0.0938. The third-order valence-electron chi connectivity index (χ3n) is 3.41. The van der Waals surface area contributed by atoms with E-state index in [1.165, 1.54) is 12.8 Å². The van der Waals surface area contributed by atoms with Gasteiger partial charge in [0.1, 0.15) is 0 Å². The maximum absolute atomic E-state index is 12.2. The smallest absolute Gasteiger partial charge is 0.251 e. The highest BCUT2D eigenvalue weighted by Gasteiger charge is 2.28. The van der Waals surface area contributed by atoms with Crippen LogP contribution in [0.3, 0.4) is 0 Å². The first-order valence-electron chi connectivity index (χ1n) is 6.59. The molecular weight excluding hydrogens is 324 g/mol. The molecule has 104 valence electrons. The second-order valence-corrected chi connectivity index (χ2v) is 7.11. The van der Waals surface area contributed by atoms with Gasteiger partial charge in [-0.05, 0) is 52.7 Å². The van der Waals surface area contributed by atoms with E-state index in [0.29, 0.717) is 22.5 Å². The summed E-state index contributed by atoms with van der Waals surface area (Å²) < 4.78 is 0.823. The van der Waals surface area contributed by atoms with E-state index in [-0.39, 0.29) is 5.91 Å². The van der Waals surface area contributed by atoms with Crippen LogP contribution in [0.4, 0.5) is 5.69 Å². The SMILES string of the molecule is CCSC1CCCC1NC(=O)c1ccc(Br)c(N)c1. The molecule has 19 heavy (non-hydrogen) atoms. The van der Waals surface area contributed by atoms with Gasteiger partial charge in [-0.1, -0.05) is 13.3 Å². The Labute approximate surface area is 126 Å². The number of thioether (sulfide) groups is 1. The molecular formula is C14H19BrN2OS. The van der Waals surface area contributed by atoms with Crippen LogP contribution in [0.5, 0.6) is 0 Å². The van der Waals surface area contributed by atoms with Gasteiger partial charge in [-0.2, -0.15) is 11.8 Å². The Morgan fingerprint density at radius 3 is 3.00 bits per heavy atom. The first-order valence-corrected chi connectivity index (χ1v) is 8.43. The number of nitrogens with one attached hydrogen (secondary N) is 1. The van der Waals surface area contributed by atoms with Crippen molar-refractivity contribution in [2.45, 2.75) is 37.5 Å². The summed E-state index contributed by atoms with van der Waals surface area (Å²) in [7, 11) is 0. The first kappa shape index (κ1) is 14.7. The lowest BCUT2D eigenvalue weighted by Gasteiger charge is -2.20. The van der Waals surface area contributed by atoms with Gasteiger partial charge in [0.05, 0.1) is 0 Å². The summed E-state index contributed by atoms with van der Waals surface area (Å²) in [6, 6.07) is 5.63. The van der Waals surface area contributed by atoms with E-state index < -0.39 is 0 Å². The van der Waals surface area contributed by atoms with E-state index in [1.807, 2.05) is 17.8 Å². The summed E-state index contributed by atoms with van der Waals surface area (Å²) in [5.41, 5.74) is 7.04. The van der Waals surface area contributed by atoms with Crippen LogP contribution in [0.15, 0.2) is 22.7 Å². The molecule has 3 nitrogen and oxygen atoms in total. The summed E-state index contributed by atoms with van der Waals surface area (Å²) in [6.07, 6.45) is 3.48. The number of hydrogen-bond donors (Lipinski definition) is 2. The summed E-state index contributed by atoms with van der Waals surface area (Å²) >= 11 is 5.28. The topological polar surface area (TPSA) is 55.1 Å². The number of hydrogen-bond acceptors (Lipinski definition) is 3. The number of nitrogens with two attached hydrogens (primary N) is 1. The van der Waals surface area contributed by atoms with Crippen molar-refractivity contribution in [3.05, 3.63) is 28.2 Å². The summed E-state index contributed by atoms with van der Waals surface area (Å²) in [5, 5.41) is 3.70. The van der Waals surface area contributed by atoms with Crippen molar-refractivity contribution in [1.29, 1.82) is 0 Å². The molecule has 0 radical (unpaired) electrons. The number of carbonyl (C=O) groups excluding carboxylic acids is 1. The van der Waals surface area contributed by atoms with Crippen LogP contribution < -0.4 is 11.1 Å². The zero-order valence-corrected chi connectivity index (χ0v) is 13.4. The number of anilines is 1. The molecule has 1 aromatic carbocycles. The maximum atomic E-state index is 12.2. The van der Waals surface area contributed by atoms with Crippen molar-refractivity contribution in [2.24, 2.45) is 0 Å². The van der Waals surface area contributed by atoms with Gasteiger partial charge in [-0.25, -0.2) is 0 Å². The van der Waals surface area contributed by atoms with Gasteiger partial charge in [0.15, 0.2) is 0 Å². The van der Waals surface area contributed by atoms with Gasteiger partial charge in [0.2, 0.25) is 0 Å². The molecule has 1 fully saturated rings. The van der Waals surface area contributed by atoms with Crippen LogP contribution in [0.1, 0.15) is 36.5 Å². The molecule has 1 aliphatic carbocycles. The Bertz CT molecular complexity index is 467. The molecule has 1 amide bonds. The molecule has 2 unspecified atom stereocenters. The molecule has 1 aromatic rings. The Hall–Kier alpha value is -0.680. The Kier molecular flexibility index (Phi) is 5.16. The first-order chi connectivity index (χ1) is 9.11. The second kappa shape index (κ2) is 6.66. The van der Waals surface area contributed by atoms with Crippen LogP contribution in [-0.2, 0) is 0 Å². The van der Waals surface area contributed by atoms with Crippen LogP contribution in [0.2, 0.25) is 0 Å². The minimum Gasteiger partial charge on any atom is -0.398 e. The molecule has 0 spiro atoms. The number of nitrogen functional groups attached to an aromatic ring is 1. The number of halogens is 1. The van der Waals surface area contributed by atoms with E-state index in [9.17, 15) is 4.79 Å². The fraction of sp³-hybridized carbons (Fsp3) is 0.500. The highest BCUT2D eigenvalue weighted by Crippen LogP contribution is 2.30. The van der Waals surface area contributed by atoms with Gasteiger partial charge >= 0.3 is 0 Å². The van der Waals surface area contributed by atoms with Crippen molar-refractivity contribution < 1.29 is 4.79 Å². The molecule has 0 heterocycles. The molecule has 0 aliphatic heterocycles. The van der Waals surface area contributed by atoms with Crippen LogP contribution >= 0.6 is 27.7 Å². The second-order valence-electron chi connectivity index (χ2n) is 4.74. The van der Waals surface area contributed by atoms with E-state index in [2.05, 4.69) is 28.2 Å². The third kappa shape index (κ3) is 3.66. The zero-order valence-electron chi connectivity index (χ0n) is 11.0. The van der Waals surface area contributed by atoms with Gasteiger partial charge < -0.3 is 11.1 Å². The van der Waals surface area contributed by atoms with Crippen molar-refractivity contribution >= 4 is 39.3 Å². The van der Waals surface area contributed by atoms with Crippen molar-refractivity contribution in [3.8, 4) is 0 Å². The number of rotatable bonds is 4. The molecule has 0 saturated heterocycles. The largest absolute Gasteiger partial charge is 0.398 e. The fourth-order valence-electron chi connectivity index (χ4n) is 2.44. The molecule has 3 N–H and O–H groups in total. The summed E-state index contributed by atoms with van der Waals surface area (Å²) in [6.45, 7) is 2.16. The highest BCUT2D eigenvalue weighted by atomic mass is 79.9. The van der Waals surface area contributed by atoms with Crippen molar-refractivity contribution in [2.75, 3.05) is 11.5 Å². The molecule has 0 aromatic heterocycles. The zero-order chi connectivity index (χ0) is 13.8. The summed E-state index contributed by atoms with van der Waals surface area (Å²) in [5.74, 6) is 1.08. The third-order valence-corrected chi connectivity index (χ3v) is 5.46. The minimum atomic E-state index is -0.0206. The highest BCUT2D eigenvalue weighted by molar-refractivity contribution is 9.10. The van der Waals surface area contributed by atoms with Gasteiger partial charge in [0.25, 0.3) is 5.91 Å². The molecule has 0 bridgehead atoms. The fourth-order valence-corrected chi connectivity index (χ4v) is 3.89. The predicted octanol–water partition coefficient (Wildman–Crippen LogP) is 3.44. The lowest BCUT2D eigenvalue weighted by Crippen LogP contribution is -2.38. The summed E-state index contributed by atoms with van der Waals surface area (Å²) in [4.78, 5) is 12.2. The Morgan fingerprint density at radius 2 is 2.32 bits per heavy atom. The Morgan fingerprint density at radius 1 is 1.53 bits per heavy atom. The number of carbonyl (C=O) groups is 1. The Balaban J connectivity index is 2.02. The van der Waals surface area contributed by atoms with Crippen molar-refractivity contribution in [3.63, 3.8) is 0 Å². The van der Waals surface area contributed by atoms with Crippen LogP contribution in [0, 0.1) is 0 Å². The minimum absolute atomic E-state index is 0.0206. The number of amides is 1. The van der Waals surface area contributed by atoms with Gasteiger partial charge in [-0.3, -0.25) is 4.79 Å². The average Bonchev–Trinajstić information content (AvgIpc) is 2.80. The van der Waals surface area contributed by atoms with Gasteiger partial charge in [0, 0.05) is 27.0 Å². The maximum Gasteiger partial charge on any atom is 0.251 e. The molecule has 1 aliphatic rings. The number of benzene rings is 1. The normalized spacial score (nSPS) is 22.4. The lowest BCUT2D eigenvalue weighted by atomic mass is 10.1. The standard InChI is InChI=1S/C14H19BrN2OS/c1-2-19-13-5-3-4-12(13)17-14(18)9-6-7-10(15)11(16)8-9/h6-8,12-13H,2-5,16H2,1H3,(H,17,18). The van der Waals surface area contributed by atoms with E-state index in [0.717, 1.165) is 16.6 Å². The molecule has 5 heteroatoms. The molecule has 2 rings (SSSR count). The van der Waals surface area contributed by atoms with Crippen molar-refractivity contribution in [1.82, 2.24) is 5.32 Å². The molecule has 1 saturated carbocycles. The average molecular weight is 343 g/mol. The van der Waals surface area contributed by atoms with E-state index in [1.54, 1.807) is 12.1 Å². The quantitative estimate of drug-likeness (QED) is 0.824. The van der Waals surface area contributed by atoms with Crippen LogP contribution in [-0.4, -0.2) is 23.0 Å². The van der Waals surface area contributed by atoms with E-state index >= 15 is 0 Å². The van der Waals surface area contributed by atoms with E-state index in [4.69, 9.17) is 5.73 Å². The monoisotopic (exact) mass is 342 g/mol. The van der Waals surface area contributed by atoms with Gasteiger partial charge in [-0.15, -0.1) is 0 Å². The predicted molar refractivity (Wildman–Crippen MR) is 85.6 cm³/mol. The molecule has 2 atom stereocenters.